The quantitative estimate of drug-likeness (QED) is 0.761. The number of carbonyl (C=O) groups is 1. The van der Waals surface area contributed by atoms with Crippen LogP contribution >= 0.6 is 0 Å². The molecule has 1 amide bonds. The van der Waals surface area contributed by atoms with E-state index in [0.717, 1.165) is 4.68 Å². The molecule has 26 heavy (non-hydrogen) atoms. The summed E-state index contributed by atoms with van der Waals surface area (Å²) in [5.41, 5.74) is 0.857. The molecule has 0 radical (unpaired) electrons. The zero-order chi connectivity index (χ0) is 18.7. The van der Waals surface area contributed by atoms with Gasteiger partial charge in [-0.1, -0.05) is 18.2 Å². The van der Waals surface area contributed by atoms with Crippen LogP contribution in [-0.4, -0.2) is 25.5 Å². The van der Waals surface area contributed by atoms with Crippen LogP contribution in [0.4, 0.5) is 14.6 Å². The largest absolute Gasteiger partial charge is 0.308 e. The van der Waals surface area contributed by atoms with Crippen molar-refractivity contribution in [3.05, 3.63) is 59.5 Å². The second kappa shape index (κ2) is 7.14. The fraction of sp³-hybridized carbons (Fsp3) is 0.176. The zero-order valence-electron chi connectivity index (χ0n) is 13.7. The number of hydrogen-bond acceptors (Lipinski definition) is 4. The van der Waals surface area contributed by atoms with Gasteiger partial charge in [-0.3, -0.25) is 9.48 Å². The van der Waals surface area contributed by atoms with Crippen molar-refractivity contribution in [3.8, 4) is 11.8 Å². The van der Waals surface area contributed by atoms with Crippen molar-refractivity contribution in [3.63, 3.8) is 0 Å². The van der Waals surface area contributed by atoms with E-state index in [1.165, 1.54) is 16.9 Å². The summed E-state index contributed by atoms with van der Waals surface area (Å²) >= 11 is 0. The number of amides is 1. The lowest BCUT2D eigenvalue weighted by Gasteiger charge is -2.11. The van der Waals surface area contributed by atoms with Gasteiger partial charge >= 0.3 is 0 Å². The van der Waals surface area contributed by atoms with E-state index < -0.39 is 18.9 Å². The Bertz CT molecular complexity index is 971. The smallest absolute Gasteiger partial charge is 0.280 e. The van der Waals surface area contributed by atoms with Crippen molar-refractivity contribution >= 4 is 11.7 Å². The van der Waals surface area contributed by atoms with Gasteiger partial charge in [0.15, 0.2) is 5.82 Å². The third-order valence-corrected chi connectivity index (χ3v) is 3.60. The number of nitriles is 1. The standard InChI is InChI=1S/C17H14F2N6O/c1-11-7-14(16(18)19)24(23-11)10-15(26)22-17-12(8-20)9-21-25(17)13-5-3-2-4-6-13/h2-7,9,16H,10H2,1H3,(H,22,26). The molecule has 0 aliphatic carbocycles. The Morgan fingerprint density at radius 1 is 1.35 bits per heavy atom. The number of nitrogens with zero attached hydrogens (tertiary/aromatic N) is 5. The first kappa shape index (κ1) is 17.3. The molecule has 1 N–H and O–H groups in total. The van der Waals surface area contributed by atoms with Crippen molar-refractivity contribution in [2.45, 2.75) is 19.9 Å². The number of hydrogen-bond donors (Lipinski definition) is 1. The fourth-order valence-electron chi connectivity index (χ4n) is 2.49. The van der Waals surface area contributed by atoms with Crippen LogP contribution < -0.4 is 5.32 Å². The van der Waals surface area contributed by atoms with Crippen LogP contribution in [0.5, 0.6) is 0 Å². The summed E-state index contributed by atoms with van der Waals surface area (Å²) in [5.74, 6) is -0.421. The molecule has 0 atom stereocenters. The molecular weight excluding hydrogens is 342 g/mol. The minimum atomic E-state index is -2.74. The molecule has 2 aromatic heterocycles. The maximum absolute atomic E-state index is 13.0. The number of halogens is 2. The molecular formula is C17H14F2N6O. The average Bonchev–Trinajstić information content (AvgIpc) is 3.18. The molecule has 2 heterocycles. The molecule has 132 valence electrons. The lowest BCUT2D eigenvalue weighted by molar-refractivity contribution is -0.117. The topological polar surface area (TPSA) is 88.5 Å². The number of benzene rings is 1. The van der Waals surface area contributed by atoms with Gasteiger partial charge in [0, 0.05) is 0 Å². The Hall–Kier alpha value is -3.54. The van der Waals surface area contributed by atoms with E-state index in [1.54, 1.807) is 31.2 Å². The highest BCUT2D eigenvalue weighted by Crippen LogP contribution is 2.21. The van der Waals surface area contributed by atoms with Crippen molar-refractivity contribution in [2.24, 2.45) is 0 Å². The molecule has 0 saturated heterocycles. The lowest BCUT2D eigenvalue weighted by atomic mass is 10.3. The SMILES string of the molecule is Cc1cc(C(F)F)n(CC(=O)Nc2c(C#N)cnn2-c2ccccc2)n1. The molecule has 1 aromatic carbocycles. The minimum Gasteiger partial charge on any atom is -0.308 e. The van der Waals surface area contributed by atoms with Crippen LogP contribution in [-0.2, 0) is 11.3 Å². The molecule has 0 aliphatic heterocycles. The van der Waals surface area contributed by atoms with E-state index in [2.05, 4.69) is 15.5 Å². The number of anilines is 1. The summed E-state index contributed by atoms with van der Waals surface area (Å²) in [4.78, 5) is 12.3. The number of rotatable bonds is 5. The van der Waals surface area contributed by atoms with Gasteiger partial charge in [0.2, 0.25) is 5.91 Å². The number of carbonyl (C=O) groups excluding carboxylic acids is 1. The molecule has 0 aliphatic rings. The van der Waals surface area contributed by atoms with E-state index in [1.807, 2.05) is 12.1 Å². The highest BCUT2D eigenvalue weighted by atomic mass is 19.3. The number of aryl methyl sites for hydroxylation is 1. The fourth-order valence-corrected chi connectivity index (χ4v) is 2.49. The third kappa shape index (κ3) is 3.44. The number of nitrogens with one attached hydrogen (secondary N) is 1. The minimum absolute atomic E-state index is 0.160. The first-order valence-electron chi connectivity index (χ1n) is 7.65. The van der Waals surface area contributed by atoms with Crippen LogP contribution in [0.2, 0.25) is 0 Å². The van der Waals surface area contributed by atoms with Crippen LogP contribution in [0.3, 0.4) is 0 Å². The van der Waals surface area contributed by atoms with Gasteiger partial charge in [0.1, 0.15) is 23.9 Å². The van der Waals surface area contributed by atoms with Gasteiger partial charge in [-0.2, -0.15) is 15.5 Å². The van der Waals surface area contributed by atoms with Crippen LogP contribution in [0.25, 0.3) is 5.69 Å². The Labute approximate surface area is 147 Å². The van der Waals surface area contributed by atoms with Crippen LogP contribution in [0.1, 0.15) is 23.4 Å². The molecule has 3 rings (SSSR count). The summed E-state index contributed by atoms with van der Waals surface area (Å²) in [6, 6.07) is 12.1. The van der Waals surface area contributed by atoms with Gasteiger partial charge in [-0.15, -0.1) is 0 Å². The predicted molar refractivity (Wildman–Crippen MR) is 88.8 cm³/mol. The molecule has 9 heteroatoms. The van der Waals surface area contributed by atoms with Crippen molar-refractivity contribution in [2.75, 3.05) is 5.32 Å². The van der Waals surface area contributed by atoms with Gasteiger partial charge in [-0.05, 0) is 25.1 Å². The van der Waals surface area contributed by atoms with Gasteiger partial charge < -0.3 is 5.32 Å². The highest BCUT2D eigenvalue weighted by Gasteiger charge is 2.19. The number of alkyl halides is 2. The van der Waals surface area contributed by atoms with Crippen LogP contribution in [0.15, 0.2) is 42.6 Å². The summed E-state index contributed by atoms with van der Waals surface area (Å²) in [5, 5.41) is 19.8. The molecule has 3 aromatic rings. The van der Waals surface area contributed by atoms with Gasteiger partial charge in [0.05, 0.1) is 17.6 Å². The summed E-state index contributed by atoms with van der Waals surface area (Å²) in [6.45, 7) is 1.16. The predicted octanol–water partition coefficient (Wildman–Crippen LogP) is 2.83. The average molecular weight is 356 g/mol. The Kier molecular flexibility index (Phi) is 4.75. The number of aromatic nitrogens is 4. The highest BCUT2D eigenvalue weighted by molar-refractivity contribution is 5.91. The van der Waals surface area contributed by atoms with E-state index in [4.69, 9.17) is 0 Å². The van der Waals surface area contributed by atoms with E-state index in [9.17, 15) is 18.8 Å². The normalized spacial score (nSPS) is 10.7. The van der Waals surface area contributed by atoms with Gasteiger partial charge in [-0.25, -0.2) is 13.5 Å². The second-order valence-electron chi connectivity index (χ2n) is 5.48. The van der Waals surface area contributed by atoms with E-state index in [-0.39, 0.29) is 17.1 Å². The second-order valence-corrected chi connectivity index (χ2v) is 5.48. The van der Waals surface area contributed by atoms with E-state index in [0.29, 0.717) is 11.4 Å². The Morgan fingerprint density at radius 3 is 2.73 bits per heavy atom. The summed E-state index contributed by atoms with van der Waals surface area (Å²) in [6.07, 6.45) is -1.42. The molecule has 0 spiro atoms. The Morgan fingerprint density at radius 2 is 2.08 bits per heavy atom. The monoisotopic (exact) mass is 356 g/mol. The maximum Gasteiger partial charge on any atom is 0.280 e. The lowest BCUT2D eigenvalue weighted by Crippen LogP contribution is -2.23. The molecule has 0 bridgehead atoms. The molecule has 7 nitrogen and oxygen atoms in total. The van der Waals surface area contributed by atoms with Crippen molar-refractivity contribution < 1.29 is 13.6 Å². The Balaban J connectivity index is 1.87. The number of para-hydroxylation sites is 1. The first-order chi connectivity index (χ1) is 12.5. The zero-order valence-corrected chi connectivity index (χ0v) is 13.7. The van der Waals surface area contributed by atoms with Gasteiger partial charge in [0.25, 0.3) is 6.43 Å². The molecule has 0 fully saturated rings. The summed E-state index contributed by atoms with van der Waals surface area (Å²) < 4.78 is 28.4. The molecule has 0 saturated carbocycles. The first-order valence-corrected chi connectivity index (χ1v) is 7.65. The third-order valence-electron chi connectivity index (χ3n) is 3.60. The van der Waals surface area contributed by atoms with Crippen molar-refractivity contribution in [1.82, 2.24) is 19.6 Å². The maximum atomic E-state index is 13.0. The van der Waals surface area contributed by atoms with Crippen molar-refractivity contribution in [1.29, 1.82) is 5.26 Å². The molecule has 0 unspecified atom stereocenters. The summed E-state index contributed by atoms with van der Waals surface area (Å²) in [7, 11) is 0. The van der Waals surface area contributed by atoms with Crippen LogP contribution in [0, 0.1) is 18.3 Å². The van der Waals surface area contributed by atoms with E-state index >= 15 is 0 Å².